The molecule has 2 amide bonds. The van der Waals surface area contributed by atoms with Crippen LogP contribution in [0.1, 0.15) is 36.9 Å². The smallest absolute Gasteiger partial charge is 0.319 e. The Balaban J connectivity index is 1.51. The van der Waals surface area contributed by atoms with Gasteiger partial charge in [0, 0.05) is 30.8 Å². The predicted molar refractivity (Wildman–Crippen MR) is 93.3 cm³/mol. The van der Waals surface area contributed by atoms with Crippen molar-refractivity contribution in [1.82, 2.24) is 14.9 Å². The second kappa shape index (κ2) is 7.29. The van der Waals surface area contributed by atoms with Crippen molar-refractivity contribution in [2.75, 3.05) is 11.9 Å². The second-order valence-corrected chi connectivity index (χ2v) is 6.01. The van der Waals surface area contributed by atoms with Gasteiger partial charge in [0.15, 0.2) is 0 Å². The highest BCUT2D eigenvalue weighted by Crippen LogP contribution is 2.38. The van der Waals surface area contributed by atoms with Gasteiger partial charge in [-0.25, -0.2) is 9.78 Å². The molecule has 0 aliphatic heterocycles. The summed E-state index contributed by atoms with van der Waals surface area (Å²) in [4.78, 5) is 28.3. The molecule has 1 aliphatic carbocycles. The third-order valence-corrected chi connectivity index (χ3v) is 4.18. The first-order valence-corrected chi connectivity index (χ1v) is 8.36. The standard InChI is InChI=1S/C18H22N4O2/c1-2-13-5-3-4-6-15(13)21-18(24)19-9-10-22-12-20-16(11-17(22)23)14-7-8-14/h3-6,11-12,14H,2,7-10H2,1H3,(H2,19,21,24). The number of carbonyl (C=O) groups is 1. The Morgan fingerprint density at radius 3 is 2.83 bits per heavy atom. The molecule has 0 radical (unpaired) electrons. The summed E-state index contributed by atoms with van der Waals surface area (Å²) in [5.41, 5.74) is 2.72. The van der Waals surface area contributed by atoms with E-state index in [2.05, 4.69) is 15.6 Å². The number of rotatable bonds is 6. The van der Waals surface area contributed by atoms with E-state index in [0.29, 0.717) is 19.0 Å². The Labute approximate surface area is 140 Å². The molecular formula is C18H22N4O2. The lowest BCUT2D eigenvalue weighted by atomic mass is 10.1. The van der Waals surface area contributed by atoms with E-state index in [1.807, 2.05) is 31.2 Å². The van der Waals surface area contributed by atoms with Gasteiger partial charge in [-0.3, -0.25) is 9.36 Å². The van der Waals surface area contributed by atoms with Gasteiger partial charge in [0.05, 0.1) is 12.0 Å². The topological polar surface area (TPSA) is 76.0 Å². The fourth-order valence-electron chi connectivity index (χ4n) is 2.62. The van der Waals surface area contributed by atoms with Crippen molar-refractivity contribution in [3.8, 4) is 0 Å². The lowest BCUT2D eigenvalue weighted by Crippen LogP contribution is -2.34. The van der Waals surface area contributed by atoms with E-state index in [1.54, 1.807) is 12.4 Å². The van der Waals surface area contributed by atoms with E-state index in [4.69, 9.17) is 0 Å². The Morgan fingerprint density at radius 2 is 2.12 bits per heavy atom. The Kier molecular flexibility index (Phi) is 4.93. The zero-order chi connectivity index (χ0) is 16.9. The third kappa shape index (κ3) is 4.01. The normalized spacial score (nSPS) is 13.5. The summed E-state index contributed by atoms with van der Waals surface area (Å²) in [7, 11) is 0. The van der Waals surface area contributed by atoms with Crippen LogP contribution in [0.2, 0.25) is 0 Å². The first-order chi connectivity index (χ1) is 11.7. The number of nitrogens with one attached hydrogen (secondary N) is 2. The number of aromatic nitrogens is 2. The first-order valence-electron chi connectivity index (χ1n) is 8.36. The molecule has 126 valence electrons. The molecule has 1 aromatic heterocycles. The average molecular weight is 326 g/mol. The summed E-state index contributed by atoms with van der Waals surface area (Å²) in [6.07, 6.45) is 4.67. The molecule has 1 aliphatic rings. The zero-order valence-corrected chi connectivity index (χ0v) is 13.8. The zero-order valence-electron chi connectivity index (χ0n) is 13.8. The fourth-order valence-corrected chi connectivity index (χ4v) is 2.62. The van der Waals surface area contributed by atoms with Crippen LogP contribution in [0.5, 0.6) is 0 Å². The molecule has 0 spiro atoms. The Bertz CT molecular complexity index is 781. The number of aryl methyl sites for hydroxylation is 1. The predicted octanol–water partition coefficient (Wildman–Crippen LogP) is 2.50. The van der Waals surface area contributed by atoms with E-state index >= 15 is 0 Å². The van der Waals surface area contributed by atoms with Gasteiger partial charge in [-0.15, -0.1) is 0 Å². The van der Waals surface area contributed by atoms with Crippen LogP contribution in [0.15, 0.2) is 41.5 Å². The monoisotopic (exact) mass is 326 g/mol. The van der Waals surface area contributed by atoms with E-state index in [9.17, 15) is 9.59 Å². The van der Waals surface area contributed by atoms with Gasteiger partial charge in [-0.2, -0.15) is 0 Å². The first kappa shape index (κ1) is 16.2. The molecule has 1 saturated carbocycles. The SMILES string of the molecule is CCc1ccccc1NC(=O)NCCn1cnc(C2CC2)cc1=O. The van der Waals surface area contributed by atoms with Crippen molar-refractivity contribution in [2.45, 2.75) is 38.6 Å². The molecule has 6 heteroatoms. The molecule has 2 N–H and O–H groups in total. The summed E-state index contributed by atoms with van der Waals surface area (Å²) in [6.45, 7) is 2.81. The van der Waals surface area contributed by atoms with Gasteiger partial charge in [0.1, 0.15) is 0 Å². The number of amides is 2. The maximum absolute atomic E-state index is 12.0. The number of urea groups is 1. The highest BCUT2D eigenvalue weighted by atomic mass is 16.2. The lowest BCUT2D eigenvalue weighted by Gasteiger charge is -2.11. The maximum atomic E-state index is 12.0. The van der Waals surface area contributed by atoms with Crippen LogP contribution >= 0.6 is 0 Å². The van der Waals surface area contributed by atoms with E-state index in [1.165, 1.54) is 4.57 Å². The number of carbonyl (C=O) groups excluding carboxylic acids is 1. The highest BCUT2D eigenvalue weighted by molar-refractivity contribution is 5.90. The molecule has 1 fully saturated rings. The summed E-state index contributed by atoms with van der Waals surface area (Å²) in [6, 6.07) is 9.04. The lowest BCUT2D eigenvalue weighted by molar-refractivity contribution is 0.251. The average Bonchev–Trinajstić information content (AvgIpc) is 3.42. The molecule has 0 unspecified atom stereocenters. The molecule has 0 saturated heterocycles. The molecule has 1 heterocycles. The van der Waals surface area contributed by atoms with Gasteiger partial charge < -0.3 is 10.6 Å². The summed E-state index contributed by atoms with van der Waals surface area (Å²) >= 11 is 0. The van der Waals surface area contributed by atoms with Crippen LogP contribution in [0.3, 0.4) is 0 Å². The van der Waals surface area contributed by atoms with Gasteiger partial charge in [-0.05, 0) is 30.9 Å². The van der Waals surface area contributed by atoms with Crippen LogP contribution in [0.4, 0.5) is 10.5 Å². The minimum atomic E-state index is -0.272. The molecule has 0 atom stereocenters. The van der Waals surface area contributed by atoms with E-state index < -0.39 is 0 Å². The molecule has 3 rings (SSSR count). The van der Waals surface area contributed by atoms with Gasteiger partial charge in [-0.1, -0.05) is 25.1 Å². The van der Waals surface area contributed by atoms with Crippen molar-refractivity contribution in [3.05, 3.63) is 58.3 Å². The number of anilines is 1. The van der Waals surface area contributed by atoms with Crippen molar-refractivity contribution in [1.29, 1.82) is 0 Å². The quantitative estimate of drug-likeness (QED) is 0.856. The highest BCUT2D eigenvalue weighted by Gasteiger charge is 2.25. The molecule has 1 aromatic carbocycles. The number of hydrogen-bond acceptors (Lipinski definition) is 3. The Morgan fingerprint density at radius 1 is 1.33 bits per heavy atom. The van der Waals surface area contributed by atoms with Crippen LogP contribution in [0.25, 0.3) is 0 Å². The second-order valence-electron chi connectivity index (χ2n) is 6.01. The molecule has 0 bridgehead atoms. The number of para-hydroxylation sites is 1. The van der Waals surface area contributed by atoms with Gasteiger partial charge in [0.2, 0.25) is 0 Å². The van der Waals surface area contributed by atoms with Crippen LogP contribution < -0.4 is 16.2 Å². The maximum Gasteiger partial charge on any atom is 0.319 e. The summed E-state index contributed by atoms with van der Waals surface area (Å²) < 4.78 is 1.52. The van der Waals surface area contributed by atoms with Crippen molar-refractivity contribution in [2.24, 2.45) is 0 Å². The summed E-state index contributed by atoms with van der Waals surface area (Å²) in [5, 5.41) is 5.61. The van der Waals surface area contributed by atoms with Crippen LogP contribution in [0, 0.1) is 0 Å². The molecular weight excluding hydrogens is 304 g/mol. The largest absolute Gasteiger partial charge is 0.336 e. The van der Waals surface area contributed by atoms with Crippen molar-refractivity contribution < 1.29 is 4.79 Å². The van der Waals surface area contributed by atoms with E-state index in [-0.39, 0.29) is 11.6 Å². The van der Waals surface area contributed by atoms with Gasteiger partial charge in [0.25, 0.3) is 5.56 Å². The Hall–Kier alpha value is -2.63. The van der Waals surface area contributed by atoms with Crippen molar-refractivity contribution >= 4 is 11.7 Å². The van der Waals surface area contributed by atoms with Crippen LogP contribution in [-0.2, 0) is 13.0 Å². The molecule has 24 heavy (non-hydrogen) atoms. The van der Waals surface area contributed by atoms with Crippen LogP contribution in [-0.4, -0.2) is 22.1 Å². The minimum Gasteiger partial charge on any atom is -0.336 e. The summed E-state index contributed by atoms with van der Waals surface area (Å²) in [5.74, 6) is 0.467. The minimum absolute atomic E-state index is 0.0644. The number of benzene rings is 1. The number of hydrogen-bond donors (Lipinski definition) is 2. The number of nitrogens with zero attached hydrogens (tertiary/aromatic N) is 2. The molecule has 6 nitrogen and oxygen atoms in total. The fraction of sp³-hybridized carbons (Fsp3) is 0.389. The van der Waals surface area contributed by atoms with E-state index in [0.717, 1.165) is 36.2 Å². The van der Waals surface area contributed by atoms with Gasteiger partial charge >= 0.3 is 6.03 Å². The van der Waals surface area contributed by atoms with Crippen molar-refractivity contribution in [3.63, 3.8) is 0 Å². The molecule has 2 aromatic rings. The third-order valence-electron chi connectivity index (χ3n) is 4.18.